The SMILES string of the molecule is C[C@H](NC(=O)[C@@H]1CN(S(=O)(=O)c2ccccc2)c2cc(C(C)(C)C)ccc2O1)c1ccc(S(C)(=O)=O)cc1. The summed E-state index contributed by atoms with van der Waals surface area (Å²) < 4.78 is 58.2. The van der Waals surface area contributed by atoms with Crippen LogP contribution >= 0.6 is 0 Å². The second-order valence-electron chi connectivity index (χ2n) is 10.5. The van der Waals surface area contributed by atoms with Crippen molar-refractivity contribution in [1.29, 1.82) is 0 Å². The summed E-state index contributed by atoms with van der Waals surface area (Å²) in [6.07, 6.45) is 0.0322. The summed E-state index contributed by atoms with van der Waals surface area (Å²) in [6.45, 7) is 7.67. The first-order chi connectivity index (χ1) is 17.7. The van der Waals surface area contributed by atoms with E-state index in [1.165, 1.54) is 28.6 Å². The Morgan fingerprint density at radius 1 is 0.947 bits per heavy atom. The molecule has 10 heteroatoms. The van der Waals surface area contributed by atoms with Crippen molar-refractivity contribution in [3.05, 3.63) is 83.9 Å². The first-order valence-electron chi connectivity index (χ1n) is 12.2. The van der Waals surface area contributed by atoms with Crippen LogP contribution in [0.3, 0.4) is 0 Å². The molecule has 1 aliphatic rings. The molecule has 0 spiro atoms. The molecule has 3 aromatic rings. The van der Waals surface area contributed by atoms with Gasteiger partial charge in [-0.1, -0.05) is 57.2 Å². The van der Waals surface area contributed by atoms with Crippen LogP contribution in [-0.4, -0.2) is 41.6 Å². The highest BCUT2D eigenvalue weighted by atomic mass is 32.2. The van der Waals surface area contributed by atoms with Gasteiger partial charge in [0.05, 0.1) is 28.1 Å². The van der Waals surface area contributed by atoms with Crippen LogP contribution in [0.25, 0.3) is 0 Å². The highest BCUT2D eigenvalue weighted by Gasteiger charge is 2.38. The second-order valence-corrected chi connectivity index (χ2v) is 14.3. The number of carbonyl (C=O) groups excluding carboxylic acids is 1. The predicted molar refractivity (Wildman–Crippen MR) is 147 cm³/mol. The van der Waals surface area contributed by atoms with Crippen LogP contribution in [0, 0.1) is 0 Å². The van der Waals surface area contributed by atoms with Crippen molar-refractivity contribution in [3.63, 3.8) is 0 Å². The average Bonchev–Trinajstić information content (AvgIpc) is 2.87. The van der Waals surface area contributed by atoms with Gasteiger partial charge in [-0.3, -0.25) is 9.10 Å². The molecule has 0 bridgehead atoms. The van der Waals surface area contributed by atoms with E-state index in [2.05, 4.69) is 5.32 Å². The van der Waals surface area contributed by atoms with E-state index in [0.717, 1.165) is 11.8 Å². The Morgan fingerprint density at radius 3 is 2.16 bits per heavy atom. The first-order valence-corrected chi connectivity index (χ1v) is 15.5. The highest BCUT2D eigenvalue weighted by molar-refractivity contribution is 7.92. The molecule has 0 saturated heterocycles. The van der Waals surface area contributed by atoms with Crippen molar-refractivity contribution >= 4 is 31.5 Å². The fraction of sp³-hybridized carbons (Fsp3) is 0.321. The monoisotopic (exact) mass is 556 g/mol. The van der Waals surface area contributed by atoms with Gasteiger partial charge in [0.15, 0.2) is 15.9 Å². The summed E-state index contributed by atoms with van der Waals surface area (Å²) in [5, 5.41) is 2.87. The molecule has 1 N–H and O–H groups in total. The number of nitrogens with one attached hydrogen (secondary N) is 1. The number of rotatable bonds is 6. The number of hydrogen-bond acceptors (Lipinski definition) is 6. The minimum Gasteiger partial charge on any atom is -0.476 e. The summed E-state index contributed by atoms with van der Waals surface area (Å²) in [5.41, 5.74) is 1.79. The number of nitrogens with zero attached hydrogens (tertiary/aromatic N) is 1. The Morgan fingerprint density at radius 2 is 1.58 bits per heavy atom. The lowest BCUT2D eigenvalue weighted by atomic mass is 9.86. The number of anilines is 1. The van der Waals surface area contributed by atoms with Gasteiger partial charge in [0.1, 0.15) is 5.75 Å². The van der Waals surface area contributed by atoms with Gasteiger partial charge in [-0.2, -0.15) is 0 Å². The van der Waals surface area contributed by atoms with E-state index in [1.807, 2.05) is 26.8 Å². The van der Waals surface area contributed by atoms with Crippen molar-refractivity contribution in [2.24, 2.45) is 0 Å². The molecular weight excluding hydrogens is 524 g/mol. The van der Waals surface area contributed by atoms with Crippen LogP contribution in [0.2, 0.25) is 0 Å². The third-order valence-corrected chi connectivity index (χ3v) is 9.41. The molecule has 1 aliphatic heterocycles. The number of sulfone groups is 1. The molecule has 0 fully saturated rings. The third-order valence-electron chi connectivity index (χ3n) is 6.49. The Hall–Kier alpha value is -3.37. The molecule has 1 amide bonds. The van der Waals surface area contributed by atoms with E-state index >= 15 is 0 Å². The van der Waals surface area contributed by atoms with Gasteiger partial charge in [-0.05, 0) is 59.9 Å². The number of hydrogen-bond donors (Lipinski definition) is 1. The number of fused-ring (bicyclic) bond motifs is 1. The van der Waals surface area contributed by atoms with E-state index < -0.39 is 37.9 Å². The van der Waals surface area contributed by atoms with E-state index in [4.69, 9.17) is 4.74 Å². The summed E-state index contributed by atoms with van der Waals surface area (Å²) in [4.78, 5) is 13.6. The fourth-order valence-electron chi connectivity index (χ4n) is 4.20. The molecule has 1 heterocycles. The van der Waals surface area contributed by atoms with Crippen molar-refractivity contribution in [1.82, 2.24) is 5.32 Å². The second kappa shape index (κ2) is 10.1. The molecule has 0 saturated carbocycles. The fourth-order valence-corrected chi connectivity index (χ4v) is 6.31. The lowest BCUT2D eigenvalue weighted by Gasteiger charge is -2.36. The van der Waals surface area contributed by atoms with Gasteiger partial charge in [0.2, 0.25) is 0 Å². The topological polar surface area (TPSA) is 110 Å². The highest BCUT2D eigenvalue weighted by Crippen LogP contribution is 2.40. The van der Waals surface area contributed by atoms with Crippen LogP contribution in [0.1, 0.15) is 44.9 Å². The minimum atomic E-state index is -3.99. The van der Waals surface area contributed by atoms with Crippen molar-refractivity contribution in [2.45, 2.75) is 55.0 Å². The number of carbonyl (C=O) groups is 1. The van der Waals surface area contributed by atoms with Gasteiger partial charge in [0.25, 0.3) is 15.9 Å². The Kier molecular flexibility index (Phi) is 7.33. The normalized spacial score (nSPS) is 16.8. The molecule has 0 aliphatic carbocycles. The van der Waals surface area contributed by atoms with Crippen molar-refractivity contribution in [3.8, 4) is 5.75 Å². The van der Waals surface area contributed by atoms with E-state index in [1.54, 1.807) is 49.4 Å². The molecule has 0 radical (unpaired) electrons. The average molecular weight is 557 g/mol. The zero-order valence-corrected chi connectivity index (χ0v) is 23.6. The molecule has 4 rings (SSSR count). The summed E-state index contributed by atoms with van der Waals surface area (Å²) >= 11 is 0. The van der Waals surface area contributed by atoms with Crippen LogP contribution in [0.15, 0.2) is 82.6 Å². The van der Waals surface area contributed by atoms with Crippen LogP contribution in [-0.2, 0) is 30.1 Å². The number of benzene rings is 3. The lowest BCUT2D eigenvalue weighted by molar-refractivity contribution is -0.128. The number of ether oxygens (including phenoxy) is 1. The minimum absolute atomic E-state index is 0.118. The van der Waals surface area contributed by atoms with Gasteiger partial charge in [-0.25, -0.2) is 16.8 Å². The zero-order chi connectivity index (χ0) is 27.9. The summed E-state index contributed by atoms with van der Waals surface area (Å²) in [7, 11) is -7.33. The van der Waals surface area contributed by atoms with Gasteiger partial charge in [-0.15, -0.1) is 0 Å². The largest absolute Gasteiger partial charge is 0.476 e. The number of amides is 1. The first kappa shape index (κ1) is 27.7. The zero-order valence-electron chi connectivity index (χ0n) is 22.0. The van der Waals surface area contributed by atoms with E-state index in [0.29, 0.717) is 17.0 Å². The molecule has 3 aromatic carbocycles. The molecule has 38 heavy (non-hydrogen) atoms. The van der Waals surface area contributed by atoms with Gasteiger partial charge < -0.3 is 10.1 Å². The molecule has 0 aromatic heterocycles. The molecule has 2 atom stereocenters. The maximum absolute atomic E-state index is 13.7. The smallest absolute Gasteiger partial charge is 0.264 e. The standard InChI is InChI=1S/C28H32N2O6S2/c1-19(20-11-14-22(15-12-20)37(5,32)33)29-27(31)26-18-30(38(34,35)23-9-7-6-8-10-23)24-17-21(28(2,3)4)13-16-25(24)36-26/h6-17,19,26H,18H2,1-5H3,(H,29,31)/t19-,26-/m0/s1. The molecule has 202 valence electrons. The quantitative estimate of drug-likeness (QED) is 0.487. The van der Waals surface area contributed by atoms with Gasteiger partial charge in [0, 0.05) is 6.26 Å². The van der Waals surface area contributed by atoms with Crippen LogP contribution in [0.5, 0.6) is 5.75 Å². The van der Waals surface area contributed by atoms with Gasteiger partial charge >= 0.3 is 0 Å². The molecule has 0 unspecified atom stereocenters. The maximum atomic E-state index is 13.7. The predicted octanol–water partition coefficient (Wildman–Crippen LogP) is 4.22. The molecular formula is C28H32N2O6S2. The lowest BCUT2D eigenvalue weighted by Crippen LogP contribution is -2.51. The van der Waals surface area contributed by atoms with Crippen LogP contribution in [0.4, 0.5) is 5.69 Å². The van der Waals surface area contributed by atoms with Crippen molar-refractivity contribution in [2.75, 3.05) is 17.1 Å². The Labute approximate surface area is 224 Å². The number of sulfonamides is 1. The van der Waals surface area contributed by atoms with Crippen molar-refractivity contribution < 1.29 is 26.4 Å². The van der Waals surface area contributed by atoms with E-state index in [-0.39, 0.29) is 21.8 Å². The Bertz CT molecular complexity index is 1550. The Balaban J connectivity index is 1.65. The van der Waals surface area contributed by atoms with E-state index in [9.17, 15) is 21.6 Å². The summed E-state index contributed by atoms with van der Waals surface area (Å²) in [5.74, 6) is -0.183. The third kappa shape index (κ3) is 5.71. The maximum Gasteiger partial charge on any atom is 0.264 e. The molecule has 8 nitrogen and oxygen atoms in total. The van der Waals surface area contributed by atoms with Crippen LogP contribution < -0.4 is 14.4 Å². The summed E-state index contributed by atoms with van der Waals surface area (Å²) in [6, 6.07) is 19.3.